The largest absolute Gasteiger partial charge is 0.235 e. The summed E-state index contributed by atoms with van der Waals surface area (Å²) in [4.78, 5) is 9.48. The van der Waals surface area contributed by atoms with Gasteiger partial charge in [-0.25, -0.2) is 9.97 Å². The van der Waals surface area contributed by atoms with Gasteiger partial charge in [-0.2, -0.15) is 0 Å². The first kappa shape index (κ1) is 17.5. The maximum absolute atomic E-state index is 4.76. The summed E-state index contributed by atoms with van der Waals surface area (Å²) in [7, 11) is 0. The van der Waals surface area contributed by atoms with Gasteiger partial charge in [0.1, 0.15) is 6.33 Å². The topological polar surface area (TPSA) is 25.8 Å². The normalized spacial score (nSPS) is 12.7. The van der Waals surface area contributed by atoms with Crippen molar-refractivity contribution in [3.05, 3.63) is 59.0 Å². The smallest absolute Gasteiger partial charge is 0.116 e. The highest BCUT2D eigenvalue weighted by atomic mass is 32.1. The van der Waals surface area contributed by atoms with Gasteiger partial charge in [-0.3, -0.25) is 0 Å². The van der Waals surface area contributed by atoms with E-state index in [4.69, 9.17) is 9.97 Å². The van der Waals surface area contributed by atoms with E-state index < -0.39 is 0 Å². The standard InChI is InChI=1S/C24H18N2S3/c1-24(2,3)16-11-15(10-14-7-9-27-21(14)16)19-23-20(26-12-25-19)18-17(29-23)5-4-13-6-8-28-22(13)18/h4-12H,1-3H3. The van der Waals surface area contributed by atoms with Crippen molar-refractivity contribution < 1.29 is 0 Å². The van der Waals surface area contributed by atoms with Gasteiger partial charge in [0, 0.05) is 25.0 Å². The highest BCUT2D eigenvalue weighted by Gasteiger charge is 2.21. The van der Waals surface area contributed by atoms with Crippen molar-refractivity contribution in [2.75, 3.05) is 0 Å². The van der Waals surface area contributed by atoms with Crippen LogP contribution >= 0.6 is 34.0 Å². The molecule has 0 aliphatic carbocycles. The molecule has 6 rings (SSSR count). The SMILES string of the molecule is CC(C)(C)c1cc(-c2ncnc3c2sc2ccc4ccsc4c23)cc2ccsc12. The predicted octanol–water partition coefficient (Wildman–Crippen LogP) is 8.24. The van der Waals surface area contributed by atoms with Crippen LogP contribution in [0.4, 0.5) is 0 Å². The number of benzene rings is 2. The fourth-order valence-corrected chi connectivity index (χ4v) is 7.36. The molecule has 0 aliphatic heterocycles. The number of aromatic nitrogens is 2. The first-order chi connectivity index (χ1) is 14.0. The van der Waals surface area contributed by atoms with Gasteiger partial charge >= 0.3 is 0 Å². The van der Waals surface area contributed by atoms with E-state index in [1.807, 2.05) is 11.3 Å². The van der Waals surface area contributed by atoms with Crippen LogP contribution in [0, 0.1) is 0 Å². The number of rotatable bonds is 1. The third kappa shape index (κ3) is 2.58. The summed E-state index contributed by atoms with van der Waals surface area (Å²) in [6.07, 6.45) is 1.73. The maximum Gasteiger partial charge on any atom is 0.116 e. The van der Waals surface area contributed by atoms with Gasteiger partial charge in [-0.1, -0.05) is 26.8 Å². The molecule has 4 aromatic heterocycles. The molecule has 142 valence electrons. The molecule has 5 heteroatoms. The van der Waals surface area contributed by atoms with Gasteiger partial charge in [-0.15, -0.1) is 34.0 Å². The minimum absolute atomic E-state index is 0.0779. The molecule has 0 atom stereocenters. The Morgan fingerprint density at radius 3 is 2.41 bits per heavy atom. The molecule has 0 saturated carbocycles. The lowest BCUT2D eigenvalue weighted by molar-refractivity contribution is 0.597. The Morgan fingerprint density at radius 1 is 0.793 bits per heavy atom. The van der Waals surface area contributed by atoms with Crippen LogP contribution < -0.4 is 0 Å². The number of thiophene rings is 3. The van der Waals surface area contributed by atoms with Gasteiger partial charge in [0.05, 0.1) is 15.9 Å². The summed E-state index contributed by atoms with van der Waals surface area (Å²) >= 11 is 5.43. The molecule has 0 fully saturated rings. The summed E-state index contributed by atoms with van der Waals surface area (Å²) in [6.45, 7) is 6.86. The summed E-state index contributed by atoms with van der Waals surface area (Å²) < 4.78 is 5.16. The summed E-state index contributed by atoms with van der Waals surface area (Å²) in [6, 6.07) is 13.5. The average Bonchev–Trinajstić information content (AvgIpc) is 3.42. The molecule has 2 nitrogen and oxygen atoms in total. The number of nitrogens with zero attached hydrogens (tertiary/aromatic N) is 2. The second kappa shape index (κ2) is 6.08. The monoisotopic (exact) mass is 430 g/mol. The molecule has 0 spiro atoms. The maximum atomic E-state index is 4.76. The second-order valence-electron chi connectivity index (χ2n) is 8.39. The van der Waals surface area contributed by atoms with E-state index in [2.05, 4.69) is 67.9 Å². The quantitative estimate of drug-likeness (QED) is 0.262. The van der Waals surface area contributed by atoms with Crippen LogP contribution in [0.5, 0.6) is 0 Å². The van der Waals surface area contributed by atoms with Gasteiger partial charge in [0.2, 0.25) is 0 Å². The van der Waals surface area contributed by atoms with E-state index in [9.17, 15) is 0 Å². The molecule has 0 radical (unpaired) electrons. The highest BCUT2D eigenvalue weighted by molar-refractivity contribution is 7.27. The third-order valence-electron chi connectivity index (χ3n) is 5.47. The molecule has 0 aliphatic rings. The second-order valence-corrected chi connectivity index (χ2v) is 11.3. The Morgan fingerprint density at radius 2 is 1.59 bits per heavy atom. The average molecular weight is 431 g/mol. The molecule has 6 aromatic rings. The van der Waals surface area contributed by atoms with Crippen molar-refractivity contribution in [1.29, 1.82) is 0 Å². The molecule has 0 bridgehead atoms. The van der Waals surface area contributed by atoms with E-state index in [0.29, 0.717) is 0 Å². The molecular formula is C24H18N2S3. The van der Waals surface area contributed by atoms with Crippen LogP contribution in [-0.2, 0) is 5.41 Å². The first-order valence-corrected chi connectivity index (χ1v) is 12.1. The molecule has 0 amide bonds. The Hall–Kier alpha value is -2.34. The van der Waals surface area contributed by atoms with Crippen molar-refractivity contribution in [3.8, 4) is 11.3 Å². The van der Waals surface area contributed by atoms with E-state index in [0.717, 1.165) is 11.2 Å². The number of hydrogen-bond donors (Lipinski definition) is 0. The molecule has 4 heterocycles. The minimum Gasteiger partial charge on any atom is -0.235 e. The molecule has 0 N–H and O–H groups in total. The van der Waals surface area contributed by atoms with Gasteiger partial charge < -0.3 is 0 Å². The number of hydrogen-bond acceptors (Lipinski definition) is 5. The fourth-order valence-electron chi connectivity index (χ4n) is 4.06. The molecule has 2 aromatic carbocycles. The van der Waals surface area contributed by atoms with E-state index in [-0.39, 0.29) is 5.41 Å². The minimum atomic E-state index is 0.0779. The Balaban J connectivity index is 1.71. The molecule has 0 saturated heterocycles. The lowest BCUT2D eigenvalue weighted by atomic mass is 9.85. The van der Waals surface area contributed by atoms with E-state index in [1.54, 1.807) is 29.0 Å². The Bertz CT molecular complexity index is 1540. The van der Waals surface area contributed by atoms with Gasteiger partial charge in [0.25, 0.3) is 0 Å². The van der Waals surface area contributed by atoms with Gasteiger partial charge in [-0.05, 0) is 62.8 Å². The molecule has 0 unspecified atom stereocenters. The first-order valence-electron chi connectivity index (χ1n) is 9.56. The zero-order valence-corrected chi connectivity index (χ0v) is 18.8. The Labute approximate surface area is 180 Å². The van der Waals surface area contributed by atoms with Crippen LogP contribution in [0.15, 0.2) is 53.5 Å². The third-order valence-corrected chi connectivity index (χ3v) is 8.53. The van der Waals surface area contributed by atoms with Crippen molar-refractivity contribution in [2.24, 2.45) is 0 Å². The summed E-state index contributed by atoms with van der Waals surface area (Å²) in [5, 5.41) is 8.21. The highest BCUT2D eigenvalue weighted by Crippen LogP contribution is 2.44. The van der Waals surface area contributed by atoms with Crippen LogP contribution in [0.3, 0.4) is 0 Å². The summed E-state index contributed by atoms with van der Waals surface area (Å²) in [5.41, 5.74) is 4.76. The van der Waals surface area contributed by atoms with E-state index in [1.165, 1.54) is 46.1 Å². The fraction of sp³-hybridized carbons (Fsp3) is 0.167. The summed E-state index contributed by atoms with van der Waals surface area (Å²) in [5.74, 6) is 0. The van der Waals surface area contributed by atoms with E-state index >= 15 is 0 Å². The van der Waals surface area contributed by atoms with Crippen LogP contribution in [0.25, 0.3) is 51.7 Å². The number of fused-ring (bicyclic) bond motifs is 6. The zero-order chi connectivity index (χ0) is 19.8. The zero-order valence-electron chi connectivity index (χ0n) is 16.3. The molecular weight excluding hydrogens is 412 g/mol. The van der Waals surface area contributed by atoms with Crippen molar-refractivity contribution in [1.82, 2.24) is 9.97 Å². The molecule has 29 heavy (non-hydrogen) atoms. The van der Waals surface area contributed by atoms with Crippen LogP contribution in [-0.4, -0.2) is 9.97 Å². The van der Waals surface area contributed by atoms with Crippen molar-refractivity contribution in [3.63, 3.8) is 0 Å². The van der Waals surface area contributed by atoms with Crippen LogP contribution in [0.2, 0.25) is 0 Å². The van der Waals surface area contributed by atoms with Gasteiger partial charge in [0.15, 0.2) is 0 Å². The lowest BCUT2D eigenvalue weighted by Gasteiger charge is -2.21. The Kier molecular flexibility index (Phi) is 3.67. The predicted molar refractivity (Wildman–Crippen MR) is 130 cm³/mol. The lowest BCUT2D eigenvalue weighted by Crippen LogP contribution is -2.11. The van der Waals surface area contributed by atoms with Crippen LogP contribution in [0.1, 0.15) is 26.3 Å². The van der Waals surface area contributed by atoms with Crippen molar-refractivity contribution in [2.45, 2.75) is 26.2 Å². The van der Waals surface area contributed by atoms with Crippen molar-refractivity contribution >= 4 is 74.5 Å².